The SMILES string of the molecule is O=C(CCCN1C(=O)/C(=C\c2ccccc2OC(F)F)SC1=S)Nc1ccccc1. The van der Waals surface area contributed by atoms with Gasteiger partial charge in [-0.15, -0.1) is 0 Å². The average Bonchev–Trinajstić information content (AvgIpc) is 2.97. The summed E-state index contributed by atoms with van der Waals surface area (Å²) in [4.78, 5) is 26.5. The molecule has 0 aromatic heterocycles. The molecule has 5 nitrogen and oxygen atoms in total. The van der Waals surface area contributed by atoms with E-state index in [2.05, 4.69) is 10.1 Å². The third kappa shape index (κ3) is 5.87. The maximum atomic E-state index is 12.7. The number of thiocarbonyl (C=S) groups is 1. The van der Waals surface area contributed by atoms with Crippen LogP contribution in [-0.4, -0.2) is 34.2 Å². The van der Waals surface area contributed by atoms with Crippen LogP contribution in [-0.2, 0) is 9.59 Å². The molecule has 1 aliphatic rings. The number of nitrogens with one attached hydrogen (secondary N) is 1. The Hall–Kier alpha value is -2.78. The van der Waals surface area contributed by atoms with Gasteiger partial charge >= 0.3 is 6.61 Å². The molecule has 2 aromatic rings. The molecule has 2 aromatic carbocycles. The third-order valence-corrected chi connectivity index (χ3v) is 5.52. The summed E-state index contributed by atoms with van der Waals surface area (Å²) in [7, 11) is 0. The molecule has 1 saturated heterocycles. The van der Waals surface area contributed by atoms with Crippen LogP contribution in [0.15, 0.2) is 59.5 Å². The highest BCUT2D eigenvalue weighted by Crippen LogP contribution is 2.34. The van der Waals surface area contributed by atoms with Crippen LogP contribution in [0.25, 0.3) is 6.08 Å². The lowest BCUT2D eigenvalue weighted by atomic mass is 10.2. The first kappa shape index (κ1) is 21.9. The number of amides is 2. The van der Waals surface area contributed by atoms with Gasteiger partial charge in [-0.2, -0.15) is 8.78 Å². The monoisotopic (exact) mass is 448 g/mol. The number of carbonyl (C=O) groups excluding carboxylic acids is 2. The van der Waals surface area contributed by atoms with Crippen molar-refractivity contribution >= 4 is 51.9 Å². The summed E-state index contributed by atoms with van der Waals surface area (Å²) in [6.07, 6.45) is 2.15. The van der Waals surface area contributed by atoms with Gasteiger partial charge in [-0.1, -0.05) is 60.4 Å². The van der Waals surface area contributed by atoms with Gasteiger partial charge in [-0.25, -0.2) is 0 Å². The van der Waals surface area contributed by atoms with Crippen molar-refractivity contribution in [2.75, 3.05) is 11.9 Å². The Morgan fingerprint density at radius 2 is 1.87 bits per heavy atom. The number of ether oxygens (including phenoxy) is 1. The van der Waals surface area contributed by atoms with E-state index in [9.17, 15) is 18.4 Å². The number of thioether (sulfide) groups is 1. The summed E-state index contributed by atoms with van der Waals surface area (Å²) < 4.78 is 30.0. The van der Waals surface area contributed by atoms with Gasteiger partial charge in [0.1, 0.15) is 10.1 Å². The van der Waals surface area contributed by atoms with Crippen LogP contribution < -0.4 is 10.1 Å². The van der Waals surface area contributed by atoms with Gasteiger partial charge in [0, 0.05) is 24.2 Å². The zero-order valence-electron chi connectivity index (χ0n) is 15.7. The minimum atomic E-state index is -2.96. The van der Waals surface area contributed by atoms with Gasteiger partial charge in [0.05, 0.1) is 4.91 Å². The molecule has 1 aliphatic heterocycles. The molecule has 0 spiro atoms. The van der Waals surface area contributed by atoms with Crippen LogP contribution in [0.2, 0.25) is 0 Å². The van der Waals surface area contributed by atoms with Crippen molar-refractivity contribution in [2.45, 2.75) is 19.5 Å². The molecular weight excluding hydrogens is 430 g/mol. The van der Waals surface area contributed by atoms with Crippen molar-refractivity contribution < 1.29 is 23.1 Å². The van der Waals surface area contributed by atoms with E-state index in [1.165, 1.54) is 17.0 Å². The molecule has 0 aliphatic carbocycles. The fourth-order valence-electron chi connectivity index (χ4n) is 2.78. The van der Waals surface area contributed by atoms with E-state index in [-0.39, 0.29) is 24.0 Å². The Kier molecular flexibility index (Phi) is 7.53. The van der Waals surface area contributed by atoms with E-state index < -0.39 is 6.61 Å². The van der Waals surface area contributed by atoms with E-state index in [0.717, 1.165) is 11.8 Å². The molecule has 0 radical (unpaired) electrons. The summed E-state index contributed by atoms with van der Waals surface area (Å²) >= 11 is 6.36. The summed E-state index contributed by atoms with van der Waals surface area (Å²) in [5.74, 6) is -0.490. The number of halogens is 2. The Bertz CT molecular complexity index is 968. The maximum absolute atomic E-state index is 12.7. The lowest BCUT2D eigenvalue weighted by Crippen LogP contribution is -2.29. The third-order valence-electron chi connectivity index (χ3n) is 4.14. The minimum Gasteiger partial charge on any atom is -0.434 e. The standard InChI is InChI=1S/C21H18F2N2O3S2/c22-20(23)28-16-10-5-4-7-14(16)13-17-19(27)25(21(29)30-17)12-6-11-18(26)24-15-8-2-1-3-9-15/h1-5,7-10,13,20H,6,11-12H2,(H,24,26)/b17-13+. The molecule has 1 heterocycles. The summed E-state index contributed by atoms with van der Waals surface area (Å²) in [6.45, 7) is -2.67. The molecule has 156 valence electrons. The van der Waals surface area contributed by atoms with Crippen LogP contribution in [0.4, 0.5) is 14.5 Å². The number of anilines is 1. The van der Waals surface area contributed by atoms with E-state index >= 15 is 0 Å². The number of benzene rings is 2. The van der Waals surface area contributed by atoms with Gasteiger partial charge in [-0.3, -0.25) is 14.5 Å². The zero-order chi connectivity index (χ0) is 21.5. The number of alkyl halides is 2. The van der Waals surface area contributed by atoms with E-state index in [1.807, 2.05) is 18.2 Å². The smallest absolute Gasteiger partial charge is 0.387 e. The fraction of sp³-hybridized carbons (Fsp3) is 0.190. The predicted octanol–water partition coefficient (Wildman–Crippen LogP) is 4.91. The van der Waals surface area contributed by atoms with E-state index in [1.54, 1.807) is 30.3 Å². The van der Waals surface area contributed by atoms with Crippen molar-refractivity contribution in [3.8, 4) is 5.75 Å². The van der Waals surface area contributed by atoms with Gasteiger partial charge in [0.2, 0.25) is 5.91 Å². The second-order valence-electron chi connectivity index (χ2n) is 6.27. The normalized spacial score (nSPS) is 15.2. The molecule has 0 bridgehead atoms. The molecular formula is C21H18F2N2O3S2. The van der Waals surface area contributed by atoms with E-state index in [0.29, 0.717) is 33.4 Å². The molecule has 0 saturated carbocycles. The summed E-state index contributed by atoms with van der Waals surface area (Å²) in [5.41, 5.74) is 1.07. The number of para-hydroxylation sites is 2. The van der Waals surface area contributed by atoms with Crippen LogP contribution in [0, 0.1) is 0 Å². The number of hydrogen-bond donors (Lipinski definition) is 1. The highest BCUT2D eigenvalue weighted by molar-refractivity contribution is 8.26. The van der Waals surface area contributed by atoms with Crippen molar-refractivity contribution in [2.24, 2.45) is 0 Å². The van der Waals surface area contributed by atoms with Gasteiger partial charge in [0.15, 0.2) is 0 Å². The Labute approximate surface area is 182 Å². The molecule has 3 rings (SSSR count). The van der Waals surface area contributed by atoms with Crippen molar-refractivity contribution in [3.63, 3.8) is 0 Å². The van der Waals surface area contributed by atoms with Gasteiger partial charge < -0.3 is 10.1 Å². The Balaban J connectivity index is 1.59. The summed E-state index contributed by atoms with van der Waals surface area (Å²) in [5, 5.41) is 2.79. The second kappa shape index (κ2) is 10.3. The van der Waals surface area contributed by atoms with Crippen LogP contribution in [0.5, 0.6) is 5.75 Å². The second-order valence-corrected chi connectivity index (χ2v) is 7.94. The fourth-order valence-corrected chi connectivity index (χ4v) is 4.08. The predicted molar refractivity (Wildman–Crippen MR) is 117 cm³/mol. The van der Waals surface area contributed by atoms with Crippen molar-refractivity contribution in [3.05, 3.63) is 65.1 Å². The van der Waals surface area contributed by atoms with Crippen LogP contribution >= 0.6 is 24.0 Å². The van der Waals surface area contributed by atoms with Gasteiger partial charge in [0.25, 0.3) is 5.91 Å². The molecule has 0 atom stereocenters. The maximum Gasteiger partial charge on any atom is 0.387 e. The first-order valence-electron chi connectivity index (χ1n) is 9.08. The average molecular weight is 449 g/mol. The molecule has 0 unspecified atom stereocenters. The number of hydrogen-bond acceptors (Lipinski definition) is 5. The van der Waals surface area contributed by atoms with Crippen LogP contribution in [0.3, 0.4) is 0 Å². The van der Waals surface area contributed by atoms with Crippen LogP contribution in [0.1, 0.15) is 18.4 Å². The Morgan fingerprint density at radius 3 is 2.60 bits per heavy atom. The number of nitrogens with zero attached hydrogens (tertiary/aromatic N) is 1. The molecule has 30 heavy (non-hydrogen) atoms. The quantitative estimate of drug-likeness (QED) is 0.459. The molecule has 9 heteroatoms. The first-order valence-corrected chi connectivity index (χ1v) is 10.3. The molecule has 1 N–H and O–H groups in total. The van der Waals surface area contributed by atoms with Crippen molar-refractivity contribution in [1.29, 1.82) is 0 Å². The largest absolute Gasteiger partial charge is 0.434 e. The highest BCUT2D eigenvalue weighted by Gasteiger charge is 2.32. The molecule has 1 fully saturated rings. The number of rotatable bonds is 8. The highest BCUT2D eigenvalue weighted by atomic mass is 32.2. The van der Waals surface area contributed by atoms with Crippen molar-refractivity contribution in [1.82, 2.24) is 4.90 Å². The first-order chi connectivity index (χ1) is 14.4. The number of carbonyl (C=O) groups is 2. The lowest BCUT2D eigenvalue weighted by Gasteiger charge is -2.14. The zero-order valence-corrected chi connectivity index (χ0v) is 17.3. The van der Waals surface area contributed by atoms with E-state index in [4.69, 9.17) is 12.2 Å². The Morgan fingerprint density at radius 1 is 1.17 bits per heavy atom. The molecule has 2 amide bonds. The minimum absolute atomic E-state index is 0.0182. The lowest BCUT2D eigenvalue weighted by molar-refractivity contribution is -0.122. The summed E-state index contributed by atoms with van der Waals surface area (Å²) in [6, 6.07) is 15.3. The van der Waals surface area contributed by atoms with Gasteiger partial charge in [-0.05, 0) is 30.7 Å². The topological polar surface area (TPSA) is 58.6 Å².